The molecule has 0 radical (unpaired) electrons. The van der Waals surface area contributed by atoms with E-state index < -0.39 is 23.4 Å². The highest BCUT2D eigenvalue weighted by Gasteiger charge is 2.17. The number of anilines is 1. The summed E-state index contributed by atoms with van der Waals surface area (Å²) in [4.78, 5) is 44.6. The Balaban J connectivity index is 1.86. The first-order valence-corrected chi connectivity index (χ1v) is 7.50. The molecule has 1 aromatic heterocycles. The first-order chi connectivity index (χ1) is 11.4. The summed E-state index contributed by atoms with van der Waals surface area (Å²) in [7, 11) is 0. The van der Waals surface area contributed by atoms with Gasteiger partial charge in [0.1, 0.15) is 4.88 Å². The third kappa shape index (κ3) is 4.46. The van der Waals surface area contributed by atoms with E-state index in [1.807, 2.05) is 0 Å². The topological polar surface area (TPSA) is 116 Å². The maximum absolute atomic E-state index is 11.7. The van der Waals surface area contributed by atoms with Gasteiger partial charge in [-0.05, 0) is 37.3 Å². The summed E-state index contributed by atoms with van der Waals surface area (Å²) in [5, 5.41) is 12.9. The van der Waals surface area contributed by atoms with Gasteiger partial charge in [-0.15, -0.1) is 0 Å². The number of esters is 1. The number of hydrogen-bond acceptors (Lipinski definition) is 7. The van der Waals surface area contributed by atoms with Gasteiger partial charge in [-0.1, -0.05) is 11.3 Å². The first-order valence-electron chi connectivity index (χ1n) is 6.69. The highest BCUT2D eigenvalue weighted by molar-refractivity contribution is 7.17. The van der Waals surface area contributed by atoms with E-state index in [1.165, 1.54) is 19.1 Å². The lowest BCUT2D eigenvalue weighted by molar-refractivity contribution is -0.380. The molecule has 1 aromatic carbocycles. The van der Waals surface area contributed by atoms with Gasteiger partial charge < -0.3 is 10.1 Å². The lowest BCUT2D eigenvalue weighted by atomic mass is 10.1. The zero-order chi connectivity index (χ0) is 17.7. The molecule has 2 rings (SSSR count). The van der Waals surface area contributed by atoms with Crippen LogP contribution in [0.3, 0.4) is 0 Å². The van der Waals surface area contributed by atoms with E-state index in [4.69, 9.17) is 4.74 Å². The molecule has 0 atom stereocenters. The SMILES string of the molecule is CC(=O)c1ccc(NC(=O)COC(=O)c2ccc([N+](=O)[O-])s2)cc1. The van der Waals surface area contributed by atoms with E-state index in [9.17, 15) is 24.5 Å². The van der Waals surface area contributed by atoms with Crippen molar-refractivity contribution in [3.05, 3.63) is 57.0 Å². The molecule has 24 heavy (non-hydrogen) atoms. The number of ether oxygens (including phenoxy) is 1. The zero-order valence-corrected chi connectivity index (χ0v) is 13.3. The molecule has 0 aliphatic heterocycles. The fourth-order valence-corrected chi connectivity index (χ4v) is 2.44. The lowest BCUT2D eigenvalue weighted by Gasteiger charge is -2.06. The smallest absolute Gasteiger partial charge is 0.349 e. The number of carbonyl (C=O) groups excluding carboxylic acids is 3. The van der Waals surface area contributed by atoms with Crippen molar-refractivity contribution in [2.45, 2.75) is 6.92 Å². The van der Waals surface area contributed by atoms with Crippen LogP contribution >= 0.6 is 11.3 Å². The summed E-state index contributed by atoms with van der Waals surface area (Å²) in [6.45, 7) is 0.904. The molecule has 0 bridgehead atoms. The molecule has 1 amide bonds. The summed E-state index contributed by atoms with van der Waals surface area (Å²) in [5.41, 5.74) is 0.964. The Labute approximate surface area is 140 Å². The minimum atomic E-state index is -0.810. The molecule has 1 heterocycles. The van der Waals surface area contributed by atoms with Crippen molar-refractivity contribution in [2.24, 2.45) is 0 Å². The summed E-state index contributed by atoms with van der Waals surface area (Å²) in [5.74, 6) is -1.47. The predicted octanol–water partition coefficient (Wildman–Crippen LogP) is 2.65. The molecule has 0 saturated carbocycles. The molecule has 8 nitrogen and oxygen atoms in total. The molecular formula is C15H12N2O6S. The Morgan fingerprint density at radius 1 is 1.17 bits per heavy atom. The van der Waals surface area contributed by atoms with E-state index >= 15 is 0 Å². The van der Waals surface area contributed by atoms with Crippen LogP contribution in [0, 0.1) is 10.1 Å². The average Bonchev–Trinajstić information content (AvgIpc) is 3.03. The summed E-state index contributed by atoms with van der Waals surface area (Å²) in [6, 6.07) is 8.70. The molecule has 0 aliphatic rings. The van der Waals surface area contributed by atoms with Crippen molar-refractivity contribution in [1.29, 1.82) is 0 Å². The number of nitro groups is 1. The Hall–Kier alpha value is -3.07. The molecule has 9 heteroatoms. The average molecular weight is 348 g/mol. The molecular weight excluding hydrogens is 336 g/mol. The van der Waals surface area contributed by atoms with Gasteiger partial charge in [0.2, 0.25) is 0 Å². The van der Waals surface area contributed by atoms with Crippen molar-refractivity contribution in [3.63, 3.8) is 0 Å². The van der Waals surface area contributed by atoms with Gasteiger partial charge in [-0.3, -0.25) is 19.7 Å². The maximum atomic E-state index is 11.7. The van der Waals surface area contributed by atoms with Gasteiger partial charge in [0.25, 0.3) is 5.91 Å². The van der Waals surface area contributed by atoms with Crippen LogP contribution in [0.2, 0.25) is 0 Å². The standard InChI is InChI=1S/C15H12N2O6S/c1-9(18)10-2-4-11(5-3-10)16-13(19)8-23-15(20)12-6-7-14(24-12)17(21)22/h2-7H,8H2,1H3,(H,16,19). The van der Waals surface area contributed by atoms with Gasteiger partial charge in [0.15, 0.2) is 12.4 Å². The number of benzene rings is 1. The molecule has 0 aliphatic carbocycles. The number of nitrogens with zero attached hydrogens (tertiary/aromatic N) is 1. The molecule has 0 unspecified atom stereocenters. The lowest BCUT2D eigenvalue weighted by Crippen LogP contribution is -2.20. The summed E-state index contributed by atoms with van der Waals surface area (Å²) < 4.78 is 4.80. The van der Waals surface area contributed by atoms with Crippen molar-refractivity contribution in [3.8, 4) is 0 Å². The van der Waals surface area contributed by atoms with Gasteiger partial charge in [-0.25, -0.2) is 4.79 Å². The Bertz CT molecular complexity index is 797. The highest BCUT2D eigenvalue weighted by Crippen LogP contribution is 2.24. The maximum Gasteiger partial charge on any atom is 0.349 e. The van der Waals surface area contributed by atoms with E-state index in [-0.39, 0.29) is 15.7 Å². The minimum Gasteiger partial charge on any atom is -0.451 e. The van der Waals surface area contributed by atoms with Gasteiger partial charge in [-0.2, -0.15) is 0 Å². The van der Waals surface area contributed by atoms with Crippen LogP contribution in [0.25, 0.3) is 0 Å². The molecule has 0 fully saturated rings. The second kappa shape index (κ2) is 7.47. The van der Waals surface area contributed by atoms with Crippen LogP contribution in [0.1, 0.15) is 27.0 Å². The molecule has 0 saturated heterocycles. The third-order valence-electron chi connectivity index (χ3n) is 2.88. The zero-order valence-electron chi connectivity index (χ0n) is 12.5. The van der Waals surface area contributed by atoms with Crippen LogP contribution in [-0.4, -0.2) is 29.2 Å². The fourth-order valence-electron chi connectivity index (χ4n) is 1.72. The van der Waals surface area contributed by atoms with E-state index in [0.29, 0.717) is 22.6 Å². The molecule has 124 valence electrons. The van der Waals surface area contributed by atoms with Crippen LogP contribution < -0.4 is 5.32 Å². The van der Waals surface area contributed by atoms with Crippen LogP contribution in [0.4, 0.5) is 10.7 Å². The number of thiophene rings is 1. The number of ketones is 1. The number of hydrogen-bond donors (Lipinski definition) is 1. The fraction of sp³-hybridized carbons (Fsp3) is 0.133. The second-order valence-corrected chi connectivity index (χ2v) is 5.72. The molecule has 2 aromatic rings. The minimum absolute atomic E-state index is 0.0420. The molecule has 1 N–H and O–H groups in total. The Morgan fingerprint density at radius 3 is 2.38 bits per heavy atom. The number of rotatable bonds is 6. The van der Waals surface area contributed by atoms with Gasteiger partial charge in [0, 0.05) is 17.3 Å². The Morgan fingerprint density at radius 2 is 1.83 bits per heavy atom. The van der Waals surface area contributed by atoms with E-state index in [1.54, 1.807) is 24.3 Å². The number of nitrogens with one attached hydrogen (secondary N) is 1. The quantitative estimate of drug-likeness (QED) is 0.371. The summed E-state index contributed by atoms with van der Waals surface area (Å²) in [6.07, 6.45) is 0. The van der Waals surface area contributed by atoms with Gasteiger partial charge >= 0.3 is 11.0 Å². The van der Waals surface area contributed by atoms with Crippen molar-refractivity contribution >= 4 is 39.7 Å². The van der Waals surface area contributed by atoms with Crippen molar-refractivity contribution in [2.75, 3.05) is 11.9 Å². The van der Waals surface area contributed by atoms with Crippen molar-refractivity contribution in [1.82, 2.24) is 0 Å². The monoisotopic (exact) mass is 348 g/mol. The second-order valence-electron chi connectivity index (χ2n) is 4.65. The van der Waals surface area contributed by atoms with Crippen molar-refractivity contribution < 1.29 is 24.0 Å². The molecule has 0 spiro atoms. The van der Waals surface area contributed by atoms with Gasteiger partial charge in [0.05, 0.1) is 4.92 Å². The first kappa shape index (κ1) is 17.3. The number of amides is 1. The summed E-state index contributed by atoms with van der Waals surface area (Å²) >= 11 is 0.672. The predicted molar refractivity (Wildman–Crippen MR) is 86.3 cm³/mol. The normalized spacial score (nSPS) is 10.0. The third-order valence-corrected chi connectivity index (χ3v) is 3.90. The van der Waals surface area contributed by atoms with E-state index in [2.05, 4.69) is 5.32 Å². The van der Waals surface area contributed by atoms with Crippen LogP contribution in [0.5, 0.6) is 0 Å². The largest absolute Gasteiger partial charge is 0.451 e. The number of carbonyl (C=O) groups is 3. The highest BCUT2D eigenvalue weighted by atomic mass is 32.1. The van der Waals surface area contributed by atoms with E-state index in [0.717, 1.165) is 0 Å². The Kier molecular flexibility index (Phi) is 5.38. The van der Waals surface area contributed by atoms with Crippen LogP contribution in [-0.2, 0) is 9.53 Å². The van der Waals surface area contributed by atoms with Crippen LogP contribution in [0.15, 0.2) is 36.4 Å². The number of Topliss-reactive ketones (excluding diaryl/α,β-unsaturated/α-hetero) is 1.